The second kappa shape index (κ2) is 6.81. The van der Waals surface area contributed by atoms with Gasteiger partial charge in [0.2, 0.25) is 0 Å². The van der Waals surface area contributed by atoms with Crippen molar-refractivity contribution in [1.82, 2.24) is 10.3 Å². The maximum absolute atomic E-state index is 14.4. The standard InChI is InChI=1S/C15H16BrFN2O/c1-3-18-15(12-8-7-10(16)9-19-12)11-5-4-6-13(20-2)14(11)17/h4-9,15,18H,3H2,1-2H3. The second-order valence-corrected chi connectivity index (χ2v) is 5.17. The van der Waals surface area contributed by atoms with Gasteiger partial charge in [-0.3, -0.25) is 4.98 Å². The number of aromatic nitrogens is 1. The average Bonchev–Trinajstić information content (AvgIpc) is 2.47. The van der Waals surface area contributed by atoms with E-state index < -0.39 is 0 Å². The highest BCUT2D eigenvalue weighted by Gasteiger charge is 2.20. The number of hydrogen-bond acceptors (Lipinski definition) is 3. The molecule has 0 bridgehead atoms. The molecular formula is C15H16BrFN2O. The fourth-order valence-corrected chi connectivity index (χ4v) is 2.28. The first-order valence-electron chi connectivity index (χ1n) is 6.34. The molecular weight excluding hydrogens is 323 g/mol. The quantitative estimate of drug-likeness (QED) is 0.902. The molecule has 1 aromatic heterocycles. The number of halogens is 2. The van der Waals surface area contributed by atoms with Gasteiger partial charge in [0.25, 0.3) is 0 Å². The van der Waals surface area contributed by atoms with Crippen LogP contribution < -0.4 is 10.1 Å². The normalized spacial score (nSPS) is 12.2. The van der Waals surface area contributed by atoms with Gasteiger partial charge in [-0.25, -0.2) is 4.39 Å². The molecule has 5 heteroatoms. The smallest absolute Gasteiger partial charge is 0.170 e. The molecule has 0 saturated carbocycles. The van der Waals surface area contributed by atoms with Gasteiger partial charge >= 0.3 is 0 Å². The van der Waals surface area contributed by atoms with Crippen LogP contribution in [-0.4, -0.2) is 18.6 Å². The summed E-state index contributed by atoms with van der Waals surface area (Å²) in [5, 5.41) is 3.25. The lowest BCUT2D eigenvalue weighted by atomic mass is 10.0. The molecule has 0 radical (unpaired) electrons. The van der Waals surface area contributed by atoms with Gasteiger partial charge in [0.1, 0.15) is 0 Å². The van der Waals surface area contributed by atoms with Gasteiger partial charge in [-0.2, -0.15) is 0 Å². The van der Waals surface area contributed by atoms with Crippen molar-refractivity contribution in [3.8, 4) is 5.75 Å². The molecule has 0 amide bonds. The van der Waals surface area contributed by atoms with E-state index in [-0.39, 0.29) is 17.6 Å². The van der Waals surface area contributed by atoms with Crippen molar-refractivity contribution in [3.63, 3.8) is 0 Å². The predicted molar refractivity (Wildman–Crippen MR) is 80.4 cm³/mol. The van der Waals surface area contributed by atoms with E-state index in [1.54, 1.807) is 24.4 Å². The molecule has 1 unspecified atom stereocenters. The first kappa shape index (κ1) is 14.9. The first-order valence-corrected chi connectivity index (χ1v) is 7.14. The first-order chi connectivity index (χ1) is 9.67. The lowest BCUT2D eigenvalue weighted by Crippen LogP contribution is -2.24. The molecule has 20 heavy (non-hydrogen) atoms. The van der Waals surface area contributed by atoms with Crippen LogP contribution in [0.15, 0.2) is 41.0 Å². The van der Waals surface area contributed by atoms with E-state index in [1.807, 2.05) is 19.1 Å². The molecule has 0 aliphatic carbocycles. The molecule has 1 heterocycles. The monoisotopic (exact) mass is 338 g/mol. The number of nitrogens with one attached hydrogen (secondary N) is 1. The zero-order valence-electron chi connectivity index (χ0n) is 11.4. The van der Waals surface area contributed by atoms with Crippen LogP contribution in [-0.2, 0) is 0 Å². The van der Waals surface area contributed by atoms with Gasteiger partial charge in [0, 0.05) is 16.2 Å². The molecule has 1 aromatic carbocycles. The third-order valence-corrected chi connectivity index (χ3v) is 3.45. The summed E-state index contributed by atoms with van der Waals surface area (Å²) < 4.78 is 20.3. The molecule has 2 aromatic rings. The second-order valence-electron chi connectivity index (χ2n) is 4.26. The SMILES string of the molecule is CCNC(c1ccc(Br)cn1)c1cccc(OC)c1F. The fraction of sp³-hybridized carbons (Fsp3) is 0.267. The third kappa shape index (κ3) is 3.16. The maximum Gasteiger partial charge on any atom is 0.170 e. The number of ether oxygens (including phenoxy) is 1. The van der Waals surface area contributed by atoms with Crippen molar-refractivity contribution in [2.24, 2.45) is 0 Å². The number of hydrogen-bond donors (Lipinski definition) is 1. The molecule has 2 rings (SSSR count). The molecule has 106 valence electrons. The van der Waals surface area contributed by atoms with Crippen LogP contribution in [0.25, 0.3) is 0 Å². The summed E-state index contributed by atoms with van der Waals surface area (Å²) in [6.45, 7) is 2.68. The summed E-state index contributed by atoms with van der Waals surface area (Å²) in [5.41, 5.74) is 1.29. The Morgan fingerprint density at radius 3 is 2.75 bits per heavy atom. The summed E-state index contributed by atoms with van der Waals surface area (Å²) in [5.74, 6) is -0.117. The molecule has 0 saturated heterocycles. The van der Waals surface area contributed by atoms with Gasteiger partial charge in [0.05, 0.1) is 18.8 Å². The summed E-state index contributed by atoms with van der Waals surface area (Å²) >= 11 is 3.35. The lowest BCUT2D eigenvalue weighted by molar-refractivity contribution is 0.381. The highest BCUT2D eigenvalue weighted by Crippen LogP contribution is 2.28. The molecule has 0 spiro atoms. The zero-order chi connectivity index (χ0) is 14.5. The Labute approximate surface area is 126 Å². The maximum atomic E-state index is 14.4. The van der Waals surface area contributed by atoms with E-state index in [2.05, 4.69) is 26.2 Å². The van der Waals surface area contributed by atoms with Crippen molar-refractivity contribution in [3.05, 3.63) is 58.1 Å². The minimum absolute atomic E-state index is 0.238. The van der Waals surface area contributed by atoms with Crippen LogP contribution in [0, 0.1) is 5.82 Å². The molecule has 1 N–H and O–H groups in total. The Hall–Kier alpha value is -1.46. The topological polar surface area (TPSA) is 34.2 Å². The Bertz CT molecular complexity index is 575. The Morgan fingerprint density at radius 1 is 1.35 bits per heavy atom. The fourth-order valence-electron chi connectivity index (χ4n) is 2.04. The molecule has 0 fully saturated rings. The van der Waals surface area contributed by atoms with Crippen LogP contribution in [0.3, 0.4) is 0 Å². The van der Waals surface area contributed by atoms with Crippen molar-refractivity contribution >= 4 is 15.9 Å². The Balaban J connectivity index is 2.45. The lowest BCUT2D eigenvalue weighted by Gasteiger charge is -2.19. The van der Waals surface area contributed by atoms with Crippen LogP contribution >= 0.6 is 15.9 Å². The molecule has 3 nitrogen and oxygen atoms in total. The number of rotatable bonds is 5. The van der Waals surface area contributed by atoms with Gasteiger partial charge in [-0.15, -0.1) is 0 Å². The predicted octanol–water partition coefficient (Wildman–Crippen LogP) is 3.69. The van der Waals surface area contributed by atoms with Gasteiger partial charge < -0.3 is 10.1 Å². The minimum atomic E-state index is -0.356. The van der Waals surface area contributed by atoms with Crippen molar-refractivity contribution in [1.29, 1.82) is 0 Å². The number of benzene rings is 1. The summed E-state index contributed by atoms with van der Waals surface area (Å²) in [6, 6.07) is 8.59. The van der Waals surface area contributed by atoms with Gasteiger partial charge in [-0.05, 0) is 40.7 Å². The summed E-state index contributed by atoms with van der Waals surface area (Å²) in [4.78, 5) is 4.35. The highest BCUT2D eigenvalue weighted by molar-refractivity contribution is 9.10. The molecule has 0 aliphatic rings. The van der Waals surface area contributed by atoms with E-state index in [1.165, 1.54) is 7.11 Å². The third-order valence-electron chi connectivity index (χ3n) is 2.98. The van der Waals surface area contributed by atoms with Crippen molar-refractivity contribution in [2.75, 3.05) is 13.7 Å². The average molecular weight is 339 g/mol. The van der Waals surface area contributed by atoms with Crippen LogP contribution in [0.5, 0.6) is 5.75 Å². The number of methoxy groups -OCH3 is 1. The van der Waals surface area contributed by atoms with E-state index in [0.29, 0.717) is 12.1 Å². The van der Waals surface area contributed by atoms with E-state index in [9.17, 15) is 4.39 Å². The highest BCUT2D eigenvalue weighted by atomic mass is 79.9. The van der Waals surface area contributed by atoms with Gasteiger partial charge in [-0.1, -0.05) is 19.1 Å². The molecule has 1 atom stereocenters. The van der Waals surface area contributed by atoms with Crippen LogP contribution in [0.2, 0.25) is 0 Å². The van der Waals surface area contributed by atoms with E-state index in [0.717, 1.165) is 10.2 Å². The van der Waals surface area contributed by atoms with Crippen LogP contribution in [0.4, 0.5) is 4.39 Å². The van der Waals surface area contributed by atoms with Crippen LogP contribution in [0.1, 0.15) is 24.2 Å². The van der Waals surface area contributed by atoms with E-state index in [4.69, 9.17) is 4.74 Å². The largest absolute Gasteiger partial charge is 0.494 e. The Morgan fingerprint density at radius 2 is 2.15 bits per heavy atom. The minimum Gasteiger partial charge on any atom is -0.494 e. The van der Waals surface area contributed by atoms with E-state index >= 15 is 0 Å². The van der Waals surface area contributed by atoms with Crippen molar-refractivity contribution in [2.45, 2.75) is 13.0 Å². The van der Waals surface area contributed by atoms with Gasteiger partial charge in [0.15, 0.2) is 11.6 Å². The zero-order valence-corrected chi connectivity index (χ0v) is 12.9. The van der Waals surface area contributed by atoms with Crippen molar-refractivity contribution < 1.29 is 9.13 Å². The summed E-state index contributed by atoms with van der Waals surface area (Å²) in [7, 11) is 1.46. The summed E-state index contributed by atoms with van der Waals surface area (Å²) in [6.07, 6.45) is 1.71. The Kier molecular flexibility index (Phi) is 5.09. The number of pyridine rings is 1. The molecule has 0 aliphatic heterocycles. The number of nitrogens with zero attached hydrogens (tertiary/aromatic N) is 1.